The van der Waals surface area contributed by atoms with Gasteiger partial charge in [0.1, 0.15) is 5.54 Å². The Morgan fingerprint density at radius 2 is 2.10 bits per heavy atom. The summed E-state index contributed by atoms with van der Waals surface area (Å²) in [4.78, 5) is 16.2. The van der Waals surface area contributed by atoms with Crippen LogP contribution in [0.25, 0.3) is 0 Å². The van der Waals surface area contributed by atoms with E-state index in [1.165, 1.54) is 0 Å². The molecule has 0 aromatic carbocycles. The van der Waals surface area contributed by atoms with Crippen molar-refractivity contribution < 1.29 is 9.90 Å². The van der Waals surface area contributed by atoms with Crippen molar-refractivity contribution in [3.8, 4) is 0 Å². The Morgan fingerprint density at radius 1 is 1.40 bits per heavy atom. The van der Waals surface area contributed by atoms with Crippen LogP contribution >= 0.6 is 0 Å². The molecule has 1 saturated carbocycles. The van der Waals surface area contributed by atoms with Gasteiger partial charge >= 0.3 is 5.97 Å². The van der Waals surface area contributed by atoms with Crippen LogP contribution in [0.1, 0.15) is 39.0 Å². The molecule has 1 rings (SSSR count). The molecule has 0 amide bonds. The first-order chi connectivity index (χ1) is 9.45. The summed E-state index contributed by atoms with van der Waals surface area (Å²) in [5, 5.41) is 12.6. The first kappa shape index (κ1) is 17.4. The lowest BCUT2D eigenvalue weighted by Crippen LogP contribution is -2.57. The van der Waals surface area contributed by atoms with Gasteiger partial charge in [0.25, 0.3) is 0 Å². The Hall–Kier alpha value is -0.650. The maximum Gasteiger partial charge on any atom is 0.323 e. The predicted octanol–water partition coefficient (Wildman–Crippen LogP) is 1.25. The van der Waals surface area contributed by atoms with Gasteiger partial charge in [0.2, 0.25) is 0 Å². The van der Waals surface area contributed by atoms with E-state index < -0.39 is 11.5 Å². The van der Waals surface area contributed by atoms with Crippen LogP contribution in [0.2, 0.25) is 0 Å². The van der Waals surface area contributed by atoms with Gasteiger partial charge in [-0.3, -0.25) is 4.79 Å². The maximum absolute atomic E-state index is 11.6. The topological polar surface area (TPSA) is 55.8 Å². The van der Waals surface area contributed by atoms with Gasteiger partial charge in [-0.25, -0.2) is 0 Å². The molecule has 0 aromatic heterocycles. The summed E-state index contributed by atoms with van der Waals surface area (Å²) < 4.78 is 0. The Bertz CT molecular complexity index is 309. The summed E-state index contributed by atoms with van der Waals surface area (Å²) in [6, 6.07) is 0.388. The van der Waals surface area contributed by atoms with Crippen LogP contribution in [0, 0.1) is 0 Å². The van der Waals surface area contributed by atoms with Crippen LogP contribution in [0.5, 0.6) is 0 Å². The molecule has 2 N–H and O–H groups in total. The van der Waals surface area contributed by atoms with Gasteiger partial charge in [0.15, 0.2) is 0 Å². The average Bonchev–Trinajstić information content (AvgIpc) is 2.43. The lowest BCUT2D eigenvalue weighted by molar-refractivity contribution is -0.147. The van der Waals surface area contributed by atoms with Gasteiger partial charge in [0.05, 0.1) is 0 Å². The number of hydrogen-bond donors (Lipinski definition) is 2. The smallest absolute Gasteiger partial charge is 0.323 e. The van der Waals surface area contributed by atoms with E-state index in [1.807, 2.05) is 0 Å². The molecule has 5 heteroatoms. The van der Waals surface area contributed by atoms with Gasteiger partial charge in [-0.15, -0.1) is 0 Å². The van der Waals surface area contributed by atoms with Crippen molar-refractivity contribution in [1.29, 1.82) is 0 Å². The SMILES string of the molecule is CCN(CCCN(C)C)C1CCCC(NC)(C(=O)O)C1. The molecule has 1 aliphatic carbocycles. The molecule has 0 saturated heterocycles. The number of rotatable bonds is 8. The first-order valence-corrected chi connectivity index (χ1v) is 7.76. The third-order valence-electron chi connectivity index (χ3n) is 4.59. The lowest BCUT2D eigenvalue weighted by atomic mass is 9.78. The van der Waals surface area contributed by atoms with Crippen LogP contribution in [-0.2, 0) is 4.79 Å². The van der Waals surface area contributed by atoms with Crippen LogP contribution in [0.3, 0.4) is 0 Å². The van der Waals surface area contributed by atoms with Gasteiger partial charge < -0.3 is 20.2 Å². The van der Waals surface area contributed by atoms with Crippen molar-refractivity contribution in [3.63, 3.8) is 0 Å². The molecular weight excluding hydrogens is 254 g/mol. The molecule has 20 heavy (non-hydrogen) atoms. The van der Waals surface area contributed by atoms with Crippen molar-refractivity contribution in [2.24, 2.45) is 0 Å². The van der Waals surface area contributed by atoms with E-state index in [4.69, 9.17) is 0 Å². The second-order valence-corrected chi connectivity index (χ2v) is 6.17. The van der Waals surface area contributed by atoms with Crippen molar-refractivity contribution >= 4 is 5.97 Å². The van der Waals surface area contributed by atoms with Crippen LogP contribution in [0.4, 0.5) is 0 Å². The van der Waals surface area contributed by atoms with Gasteiger partial charge in [-0.1, -0.05) is 6.92 Å². The van der Waals surface area contributed by atoms with E-state index in [9.17, 15) is 9.90 Å². The number of nitrogens with zero attached hydrogens (tertiary/aromatic N) is 2. The zero-order valence-corrected chi connectivity index (χ0v) is 13.5. The molecule has 0 bridgehead atoms. The molecule has 5 nitrogen and oxygen atoms in total. The summed E-state index contributed by atoms with van der Waals surface area (Å²) >= 11 is 0. The lowest BCUT2D eigenvalue weighted by Gasteiger charge is -2.42. The molecule has 0 aliphatic heterocycles. The summed E-state index contributed by atoms with van der Waals surface area (Å²) in [7, 11) is 5.96. The van der Waals surface area contributed by atoms with E-state index in [0.717, 1.165) is 45.3 Å². The molecule has 0 spiro atoms. The summed E-state index contributed by atoms with van der Waals surface area (Å²) in [5.41, 5.74) is -0.724. The highest BCUT2D eigenvalue weighted by Gasteiger charge is 2.42. The zero-order chi connectivity index (χ0) is 15.2. The average molecular weight is 285 g/mol. The van der Waals surface area contributed by atoms with Crippen molar-refractivity contribution in [2.75, 3.05) is 40.8 Å². The van der Waals surface area contributed by atoms with Crippen LogP contribution < -0.4 is 5.32 Å². The third-order valence-corrected chi connectivity index (χ3v) is 4.59. The monoisotopic (exact) mass is 285 g/mol. The highest BCUT2D eigenvalue weighted by atomic mass is 16.4. The minimum absolute atomic E-state index is 0.388. The standard InChI is InChI=1S/C15H31N3O2/c1-5-18(11-7-10-17(3)4)13-8-6-9-15(12-13,16-2)14(19)20/h13,16H,5-12H2,1-4H3,(H,19,20). The second-order valence-electron chi connectivity index (χ2n) is 6.17. The summed E-state index contributed by atoms with van der Waals surface area (Å²) in [5.74, 6) is -0.700. The maximum atomic E-state index is 11.6. The number of carbonyl (C=O) groups is 1. The van der Waals surface area contributed by atoms with E-state index in [1.54, 1.807) is 7.05 Å². The van der Waals surface area contributed by atoms with Gasteiger partial charge in [0, 0.05) is 6.04 Å². The van der Waals surface area contributed by atoms with E-state index in [0.29, 0.717) is 12.5 Å². The Morgan fingerprint density at radius 3 is 2.60 bits per heavy atom. The Balaban J connectivity index is 2.61. The fraction of sp³-hybridized carbons (Fsp3) is 0.933. The first-order valence-electron chi connectivity index (χ1n) is 7.76. The van der Waals surface area contributed by atoms with E-state index >= 15 is 0 Å². The molecule has 1 aliphatic rings. The zero-order valence-electron chi connectivity index (χ0n) is 13.5. The normalized spacial score (nSPS) is 27.2. The molecule has 0 aromatic rings. The summed E-state index contributed by atoms with van der Waals surface area (Å²) in [6.07, 6.45) is 4.70. The quantitative estimate of drug-likeness (QED) is 0.703. The highest BCUT2D eigenvalue weighted by Crippen LogP contribution is 2.31. The number of carboxylic acid groups (broad SMARTS) is 1. The van der Waals surface area contributed by atoms with Crippen molar-refractivity contribution in [2.45, 2.75) is 50.6 Å². The molecule has 0 radical (unpaired) electrons. The number of carboxylic acids is 1. The van der Waals surface area contributed by atoms with Gasteiger partial charge in [-0.2, -0.15) is 0 Å². The number of hydrogen-bond acceptors (Lipinski definition) is 4. The largest absolute Gasteiger partial charge is 0.480 e. The highest BCUT2D eigenvalue weighted by molar-refractivity contribution is 5.79. The summed E-state index contributed by atoms with van der Waals surface area (Å²) in [6.45, 7) is 5.31. The number of nitrogens with one attached hydrogen (secondary N) is 1. The number of aliphatic carboxylic acids is 1. The predicted molar refractivity (Wildman–Crippen MR) is 82.1 cm³/mol. The number of likely N-dealkylation sites (N-methyl/N-ethyl adjacent to an activating group) is 1. The fourth-order valence-corrected chi connectivity index (χ4v) is 3.27. The van der Waals surface area contributed by atoms with Crippen molar-refractivity contribution in [3.05, 3.63) is 0 Å². The molecule has 2 unspecified atom stereocenters. The van der Waals surface area contributed by atoms with Crippen LogP contribution in [0.15, 0.2) is 0 Å². The molecule has 1 fully saturated rings. The Labute approximate surface area is 123 Å². The molecule has 2 atom stereocenters. The molecule has 118 valence electrons. The third kappa shape index (κ3) is 4.43. The van der Waals surface area contributed by atoms with Gasteiger partial charge in [-0.05, 0) is 72.9 Å². The Kier molecular flexibility index (Phi) is 6.92. The fourth-order valence-electron chi connectivity index (χ4n) is 3.27. The van der Waals surface area contributed by atoms with Crippen molar-refractivity contribution in [1.82, 2.24) is 15.1 Å². The van der Waals surface area contributed by atoms with E-state index in [-0.39, 0.29) is 0 Å². The minimum atomic E-state index is -0.724. The van der Waals surface area contributed by atoms with Crippen LogP contribution in [-0.4, -0.2) is 73.2 Å². The second kappa shape index (κ2) is 7.96. The van der Waals surface area contributed by atoms with E-state index in [2.05, 4.69) is 36.1 Å². The molecule has 0 heterocycles. The minimum Gasteiger partial charge on any atom is -0.480 e. The molecular formula is C15H31N3O2.